The number of rotatable bonds is 6. The maximum Gasteiger partial charge on any atom is 0.417 e. The molecule has 0 fully saturated rings. The molecule has 0 atom stereocenters. The van der Waals surface area contributed by atoms with Crippen molar-refractivity contribution < 1.29 is 22.8 Å². The molecule has 6 nitrogen and oxygen atoms in total. The van der Waals surface area contributed by atoms with Crippen molar-refractivity contribution in [3.8, 4) is 0 Å². The van der Waals surface area contributed by atoms with Gasteiger partial charge in [0.15, 0.2) is 0 Å². The summed E-state index contributed by atoms with van der Waals surface area (Å²) >= 11 is 0. The Kier molecular flexibility index (Phi) is 6.42. The van der Waals surface area contributed by atoms with E-state index in [9.17, 15) is 22.8 Å². The molecule has 1 heterocycles. The topological polar surface area (TPSA) is 83.5 Å². The summed E-state index contributed by atoms with van der Waals surface area (Å²) in [6, 6.07) is 8.28. The minimum absolute atomic E-state index is 0.193. The Balaban J connectivity index is 1.83. The molecule has 0 aliphatic heterocycles. The first-order valence-corrected chi connectivity index (χ1v) is 7.50. The van der Waals surface area contributed by atoms with Crippen LogP contribution in [0.25, 0.3) is 0 Å². The molecule has 0 unspecified atom stereocenters. The highest BCUT2D eigenvalue weighted by molar-refractivity contribution is 5.97. The van der Waals surface area contributed by atoms with E-state index in [4.69, 9.17) is 0 Å². The molecule has 2 rings (SSSR count). The zero-order valence-corrected chi connectivity index (χ0v) is 13.5. The summed E-state index contributed by atoms with van der Waals surface area (Å²) in [6.45, 7) is 0.210. The van der Waals surface area contributed by atoms with Crippen molar-refractivity contribution >= 4 is 18.0 Å². The summed E-state index contributed by atoms with van der Waals surface area (Å²) in [7, 11) is 0. The number of hydrogen-bond acceptors (Lipinski definition) is 4. The lowest BCUT2D eigenvalue weighted by Gasteiger charge is -2.09. The van der Waals surface area contributed by atoms with Gasteiger partial charge in [0.2, 0.25) is 11.8 Å². The maximum absolute atomic E-state index is 12.8. The van der Waals surface area contributed by atoms with Crippen LogP contribution in [0.15, 0.2) is 53.9 Å². The predicted molar refractivity (Wildman–Crippen MR) is 87.9 cm³/mol. The number of hydrogen-bond donors (Lipinski definition) is 2. The lowest BCUT2D eigenvalue weighted by molar-refractivity contribution is -0.137. The fourth-order valence-electron chi connectivity index (χ4n) is 1.99. The lowest BCUT2D eigenvalue weighted by atomic mass is 10.1. The highest BCUT2D eigenvalue weighted by Gasteiger charge is 2.32. The molecule has 2 N–H and O–H groups in total. The quantitative estimate of drug-likeness (QED) is 0.469. The zero-order chi connectivity index (χ0) is 19.0. The average Bonchev–Trinajstić information content (AvgIpc) is 2.60. The number of aromatic nitrogens is 1. The molecule has 0 bridgehead atoms. The summed E-state index contributed by atoms with van der Waals surface area (Å²) < 4.78 is 38.5. The van der Waals surface area contributed by atoms with Gasteiger partial charge in [-0.25, -0.2) is 5.43 Å². The van der Waals surface area contributed by atoms with Crippen molar-refractivity contribution in [1.82, 2.24) is 15.7 Å². The van der Waals surface area contributed by atoms with Crippen molar-refractivity contribution in [2.45, 2.75) is 19.1 Å². The van der Waals surface area contributed by atoms with Gasteiger partial charge in [-0.1, -0.05) is 24.3 Å². The van der Waals surface area contributed by atoms with Crippen molar-refractivity contribution in [3.05, 3.63) is 65.5 Å². The number of benzene rings is 1. The van der Waals surface area contributed by atoms with E-state index in [1.165, 1.54) is 18.2 Å². The molecule has 1 aromatic carbocycles. The van der Waals surface area contributed by atoms with Gasteiger partial charge >= 0.3 is 6.18 Å². The minimum Gasteiger partial charge on any atom is -0.352 e. The molecule has 26 heavy (non-hydrogen) atoms. The van der Waals surface area contributed by atoms with Gasteiger partial charge in [-0.3, -0.25) is 14.6 Å². The number of amides is 2. The van der Waals surface area contributed by atoms with Crippen LogP contribution in [-0.2, 0) is 22.3 Å². The molecule has 1 aromatic heterocycles. The summed E-state index contributed by atoms with van der Waals surface area (Å²) in [5.41, 5.74) is 1.73. The van der Waals surface area contributed by atoms with Gasteiger partial charge in [-0.15, -0.1) is 0 Å². The Morgan fingerprint density at radius 1 is 1.12 bits per heavy atom. The van der Waals surface area contributed by atoms with E-state index < -0.39 is 30.0 Å². The third-order valence-corrected chi connectivity index (χ3v) is 3.19. The van der Waals surface area contributed by atoms with Crippen LogP contribution in [0.1, 0.15) is 23.1 Å². The van der Waals surface area contributed by atoms with Gasteiger partial charge in [0.25, 0.3) is 0 Å². The molecule has 136 valence electrons. The van der Waals surface area contributed by atoms with Crippen molar-refractivity contribution in [3.63, 3.8) is 0 Å². The second-order valence-corrected chi connectivity index (χ2v) is 5.19. The summed E-state index contributed by atoms with van der Waals surface area (Å²) in [5, 5.41) is 6.00. The second-order valence-electron chi connectivity index (χ2n) is 5.19. The number of hydrazone groups is 1. The predicted octanol–water partition coefficient (Wildman–Crippen LogP) is 2.26. The Morgan fingerprint density at radius 2 is 1.88 bits per heavy atom. The third-order valence-electron chi connectivity index (χ3n) is 3.19. The first-order chi connectivity index (χ1) is 12.4. The number of alkyl halides is 3. The highest BCUT2D eigenvalue weighted by atomic mass is 19.4. The highest BCUT2D eigenvalue weighted by Crippen LogP contribution is 2.30. The van der Waals surface area contributed by atoms with Crippen LogP contribution in [-0.4, -0.2) is 23.0 Å². The third kappa shape index (κ3) is 6.00. The van der Waals surface area contributed by atoms with E-state index in [1.54, 1.807) is 24.5 Å². The van der Waals surface area contributed by atoms with Gasteiger partial charge < -0.3 is 5.32 Å². The SMILES string of the molecule is O=C(CC(=O)N/N=C\c1ccccc1C(F)(F)F)NCc1cccnc1. The Bertz CT molecular complexity index is 792. The van der Waals surface area contributed by atoms with Crippen LogP contribution in [0.3, 0.4) is 0 Å². The largest absolute Gasteiger partial charge is 0.417 e. The lowest BCUT2D eigenvalue weighted by Crippen LogP contribution is -2.29. The van der Waals surface area contributed by atoms with Crippen LogP contribution < -0.4 is 10.7 Å². The van der Waals surface area contributed by atoms with Gasteiger partial charge in [0.05, 0.1) is 11.8 Å². The van der Waals surface area contributed by atoms with E-state index in [1.807, 2.05) is 5.43 Å². The van der Waals surface area contributed by atoms with Crippen molar-refractivity contribution in [2.75, 3.05) is 0 Å². The van der Waals surface area contributed by atoms with Crippen molar-refractivity contribution in [2.24, 2.45) is 5.10 Å². The molecule has 0 aliphatic rings. The van der Waals surface area contributed by atoms with E-state index in [2.05, 4.69) is 15.4 Å². The molecule has 2 amide bonds. The van der Waals surface area contributed by atoms with Gasteiger partial charge in [-0.2, -0.15) is 18.3 Å². The molecule has 0 saturated carbocycles. The molecule has 9 heteroatoms. The van der Waals surface area contributed by atoms with Crippen LogP contribution in [0, 0.1) is 0 Å². The van der Waals surface area contributed by atoms with Crippen molar-refractivity contribution in [1.29, 1.82) is 0 Å². The van der Waals surface area contributed by atoms with Gasteiger partial charge in [0, 0.05) is 24.5 Å². The first-order valence-electron chi connectivity index (χ1n) is 7.50. The molecule has 0 aliphatic carbocycles. The number of pyridine rings is 1. The normalized spacial score (nSPS) is 11.3. The Hall–Kier alpha value is -3.23. The number of nitrogens with one attached hydrogen (secondary N) is 2. The number of halogens is 3. The van der Waals surface area contributed by atoms with Crippen LogP contribution in [0.4, 0.5) is 13.2 Å². The van der Waals surface area contributed by atoms with E-state index in [0.29, 0.717) is 0 Å². The average molecular weight is 364 g/mol. The van der Waals surface area contributed by atoms with Gasteiger partial charge in [-0.05, 0) is 17.7 Å². The summed E-state index contributed by atoms with van der Waals surface area (Å²) in [6.07, 6.45) is -0.984. The Labute approximate surface area is 147 Å². The van der Waals surface area contributed by atoms with Crippen LogP contribution in [0.2, 0.25) is 0 Å². The van der Waals surface area contributed by atoms with E-state index in [0.717, 1.165) is 17.8 Å². The standard InChI is InChI=1S/C17H15F3N4O2/c18-17(19,20)14-6-2-1-5-13(14)11-23-24-16(26)8-15(25)22-10-12-4-3-7-21-9-12/h1-7,9,11H,8,10H2,(H,22,25)(H,24,26)/b23-11-. The van der Waals surface area contributed by atoms with E-state index in [-0.39, 0.29) is 12.1 Å². The second kappa shape index (κ2) is 8.75. The molecule has 0 spiro atoms. The maximum atomic E-state index is 12.8. The van der Waals surface area contributed by atoms with Crippen LogP contribution >= 0.6 is 0 Å². The fourth-order valence-corrected chi connectivity index (χ4v) is 1.99. The molecular weight excluding hydrogens is 349 g/mol. The summed E-state index contributed by atoms with van der Waals surface area (Å²) in [4.78, 5) is 27.2. The molecular formula is C17H15F3N4O2. The first kappa shape index (κ1) is 19.1. The minimum atomic E-state index is -4.53. The Morgan fingerprint density at radius 3 is 2.58 bits per heavy atom. The fraction of sp³-hybridized carbons (Fsp3) is 0.176. The summed E-state index contributed by atoms with van der Waals surface area (Å²) in [5.74, 6) is -1.29. The number of carbonyl (C=O) groups is 2. The van der Waals surface area contributed by atoms with Crippen LogP contribution in [0.5, 0.6) is 0 Å². The monoisotopic (exact) mass is 364 g/mol. The zero-order valence-electron chi connectivity index (χ0n) is 13.5. The smallest absolute Gasteiger partial charge is 0.352 e. The molecule has 0 radical (unpaired) electrons. The van der Waals surface area contributed by atoms with Gasteiger partial charge in [0.1, 0.15) is 6.42 Å². The van der Waals surface area contributed by atoms with E-state index >= 15 is 0 Å². The number of nitrogens with zero attached hydrogens (tertiary/aromatic N) is 2. The molecule has 2 aromatic rings. The molecule has 0 saturated heterocycles. The number of carbonyl (C=O) groups excluding carboxylic acids is 2.